The van der Waals surface area contributed by atoms with Crippen LogP contribution in [-0.4, -0.2) is 56.0 Å². The van der Waals surface area contributed by atoms with E-state index >= 15 is 0 Å². The molecule has 8 heteroatoms. The van der Waals surface area contributed by atoms with Crippen molar-refractivity contribution in [3.8, 4) is 11.5 Å². The Morgan fingerprint density at radius 3 is 2.50 bits per heavy atom. The summed E-state index contributed by atoms with van der Waals surface area (Å²) in [5.74, 6) is 1.39. The molecule has 0 unspecified atom stereocenters. The third-order valence-electron chi connectivity index (χ3n) is 6.38. The van der Waals surface area contributed by atoms with E-state index in [9.17, 15) is 14.4 Å². The van der Waals surface area contributed by atoms with E-state index in [-0.39, 0.29) is 30.9 Å². The number of alkyl carbamates (subject to hydrolysis) is 1. The summed E-state index contributed by atoms with van der Waals surface area (Å²) in [4.78, 5) is 38.9. The first kappa shape index (κ1) is 27.0. The maximum atomic E-state index is 12.7. The molecule has 1 aliphatic heterocycles. The molecule has 0 spiro atoms. The van der Waals surface area contributed by atoms with Crippen molar-refractivity contribution in [3.63, 3.8) is 0 Å². The maximum Gasteiger partial charge on any atom is 0.407 e. The van der Waals surface area contributed by atoms with Gasteiger partial charge in [-0.1, -0.05) is 36.4 Å². The van der Waals surface area contributed by atoms with Crippen LogP contribution in [0.1, 0.15) is 49.7 Å². The summed E-state index contributed by atoms with van der Waals surface area (Å²) in [5.41, 5.74) is 2.02. The summed E-state index contributed by atoms with van der Waals surface area (Å²) in [5, 5.41) is 2.52. The van der Waals surface area contributed by atoms with Crippen molar-refractivity contribution in [2.45, 2.75) is 57.6 Å². The fourth-order valence-electron chi connectivity index (χ4n) is 4.45. The van der Waals surface area contributed by atoms with Gasteiger partial charge in [0.2, 0.25) is 5.91 Å². The van der Waals surface area contributed by atoms with Crippen LogP contribution >= 0.6 is 0 Å². The summed E-state index contributed by atoms with van der Waals surface area (Å²) >= 11 is 0. The smallest absolute Gasteiger partial charge is 0.407 e. The van der Waals surface area contributed by atoms with Gasteiger partial charge in [-0.2, -0.15) is 0 Å². The van der Waals surface area contributed by atoms with Crippen LogP contribution in [0.25, 0.3) is 0 Å². The molecule has 1 heterocycles. The van der Waals surface area contributed by atoms with Gasteiger partial charge in [0.05, 0.1) is 14.2 Å². The minimum absolute atomic E-state index is 0.0991. The molecule has 1 saturated heterocycles. The van der Waals surface area contributed by atoms with Gasteiger partial charge in [-0.15, -0.1) is 0 Å². The van der Waals surface area contributed by atoms with E-state index in [1.54, 1.807) is 19.1 Å². The van der Waals surface area contributed by atoms with Crippen molar-refractivity contribution in [2.75, 3.05) is 27.3 Å². The summed E-state index contributed by atoms with van der Waals surface area (Å²) in [6.45, 7) is 0.619. The number of ketones is 1. The zero-order valence-corrected chi connectivity index (χ0v) is 21.2. The van der Waals surface area contributed by atoms with Crippen LogP contribution in [0.5, 0.6) is 11.5 Å². The molecule has 0 aliphatic carbocycles. The zero-order chi connectivity index (χ0) is 25.8. The zero-order valence-electron chi connectivity index (χ0n) is 21.2. The molecule has 2 aromatic carbocycles. The molecule has 0 saturated carbocycles. The number of carbonyl (C=O) groups is 3. The molecule has 194 valence electrons. The van der Waals surface area contributed by atoms with Crippen molar-refractivity contribution in [3.05, 3.63) is 59.7 Å². The topological polar surface area (TPSA) is 94.2 Å². The van der Waals surface area contributed by atoms with Crippen molar-refractivity contribution in [2.24, 2.45) is 0 Å². The van der Waals surface area contributed by atoms with Gasteiger partial charge in [-0.3, -0.25) is 9.59 Å². The summed E-state index contributed by atoms with van der Waals surface area (Å²) in [6, 6.07) is 15.1. The van der Waals surface area contributed by atoms with Crippen LogP contribution in [0.4, 0.5) is 4.79 Å². The Bertz CT molecular complexity index is 1010. The molecule has 0 aromatic heterocycles. The number of hydrogen-bond donors (Lipinski definition) is 1. The molecule has 1 atom stereocenters. The second kappa shape index (κ2) is 14.1. The number of aryl methyl sites for hydroxylation is 1. The highest BCUT2D eigenvalue weighted by atomic mass is 16.5. The third kappa shape index (κ3) is 8.29. The Morgan fingerprint density at radius 1 is 0.972 bits per heavy atom. The number of likely N-dealkylation sites (tertiary alicyclic amines) is 1. The van der Waals surface area contributed by atoms with E-state index < -0.39 is 6.09 Å². The number of benzene rings is 2. The standard InChI is InChI=1S/C28H36N2O6/c1-34-25-15-14-21(17-26(25)35-2)9-6-7-13-24(31)18-23-12-8-16-30(23)27(32)19-29-28(33)36-20-22-10-4-3-5-11-22/h3-5,10-11,14-15,17,23H,6-9,12-13,16,18-20H2,1-2H3,(H,29,33)/t23-/m0/s1. The number of hydrogen-bond acceptors (Lipinski definition) is 6. The second-order valence-electron chi connectivity index (χ2n) is 8.94. The Labute approximate surface area is 212 Å². The fourth-order valence-corrected chi connectivity index (χ4v) is 4.45. The molecule has 0 bridgehead atoms. The highest BCUT2D eigenvalue weighted by molar-refractivity contribution is 5.84. The number of unbranched alkanes of at least 4 members (excludes halogenated alkanes) is 1. The average Bonchev–Trinajstić information content (AvgIpc) is 3.37. The highest BCUT2D eigenvalue weighted by Crippen LogP contribution is 2.28. The van der Waals surface area contributed by atoms with Crippen molar-refractivity contribution in [1.82, 2.24) is 10.2 Å². The van der Waals surface area contributed by atoms with Crippen molar-refractivity contribution in [1.29, 1.82) is 0 Å². The molecule has 3 rings (SSSR count). The summed E-state index contributed by atoms with van der Waals surface area (Å²) in [6.07, 6.45) is 4.44. The second-order valence-corrected chi connectivity index (χ2v) is 8.94. The number of ether oxygens (including phenoxy) is 3. The predicted molar refractivity (Wildman–Crippen MR) is 136 cm³/mol. The monoisotopic (exact) mass is 496 g/mol. The highest BCUT2D eigenvalue weighted by Gasteiger charge is 2.30. The van der Waals surface area contributed by atoms with Crippen LogP contribution in [0.2, 0.25) is 0 Å². The Balaban J connectivity index is 1.34. The number of carbonyl (C=O) groups excluding carboxylic acids is 3. The van der Waals surface area contributed by atoms with Crippen LogP contribution < -0.4 is 14.8 Å². The molecule has 8 nitrogen and oxygen atoms in total. The van der Waals surface area contributed by atoms with Crippen LogP contribution in [-0.2, 0) is 27.4 Å². The van der Waals surface area contributed by atoms with E-state index in [1.165, 1.54) is 0 Å². The Kier molecular flexibility index (Phi) is 10.6. The first-order chi connectivity index (χ1) is 17.5. The summed E-state index contributed by atoms with van der Waals surface area (Å²) in [7, 11) is 3.23. The number of nitrogens with zero attached hydrogens (tertiary/aromatic N) is 1. The van der Waals surface area contributed by atoms with E-state index in [0.29, 0.717) is 30.9 Å². The first-order valence-corrected chi connectivity index (χ1v) is 12.5. The molecular formula is C28H36N2O6. The minimum atomic E-state index is -0.631. The molecule has 0 radical (unpaired) electrons. The molecule has 36 heavy (non-hydrogen) atoms. The van der Waals surface area contributed by atoms with Gasteiger partial charge >= 0.3 is 6.09 Å². The molecule has 1 N–H and O–H groups in total. The largest absolute Gasteiger partial charge is 0.493 e. The quantitative estimate of drug-likeness (QED) is 0.416. The van der Waals surface area contributed by atoms with Crippen LogP contribution in [0, 0.1) is 0 Å². The fraction of sp³-hybridized carbons (Fsp3) is 0.464. The lowest BCUT2D eigenvalue weighted by Gasteiger charge is -2.24. The molecule has 2 amide bonds. The number of rotatable bonds is 13. The van der Waals surface area contributed by atoms with Gasteiger partial charge < -0.3 is 24.4 Å². The van der Waals surface area contributed by atoms with E-state index in [2.05, 4.69) is 5.32 Å². The lowest BCUT2D eigenvalue weighted by atomic mass is 10.0. The van der Waals surface area contributed by atoms with Gasteiger partial charge in [-0.25, -0.2) is 4.79 Å². The summed E-state index contributed by atoms with van der Waals surface area (Å²) < 4.78 is 15.8. The van der Waals surface area contributed by atoms with Crippen LogP contribution in [0.15, 0.2) is 48.5 Å². The first-order valence-electron chi connectivity index (χ1n) is 12.5. The average molecular weight is 497 g/mol. The van der Waals surface area contributed by atoms with E-state index in [0.717, 1.165) is 43.2 Å². The van der Waals surface area contributed by atoms with Gasteiger partial charge in [0.15, 0.2) is 11.5 Å². The Morgan fingerprint density at radius 2 is 1.75 bits per heavy atom. The SMILES string of the molecule is COc1ccc(CCCCC(=O)C[C@@H]2CCCN2C(=O)CNC(=O)OCc2ccccc2)cc1OC. The van der Waals surface area contributed by atoms with Gasteiger partial charge in [-0.05, 0) is 55.4 Å². The molecule has 2 aromatic rings. The van der Waals surface area contributed by atoms with Gasteiger partial charge in [0, 0.05) is 25.4 Å². The van der Waals surface area contributed by atoms with Gasteiger partial charge in [0.25, 0.3) is 0 Å². The van der Waals surface area contributed by atoms with Crippen LogP contribution in [0.3, 0.4) is 0 Å². The third-order valence-corrected chi connectivity index (χ3v) is 6.38. The minimum Gasteiger partial charge on any atom is -0.493 e. The normalized spacial score (nSPS) is 14.8. The van der Waals surface area contributed by atoms with E-state index in [4.69, 9.17) is 14.2 Å². The number of nitrogens with one attached hydrogen (secondary N) is 1. The lowest BCUT2D eigenvalue weighted by Crippen LogP contribution is -2.43. The van der Waals surface area contributed by atoms with Gasteiger partial charge in [0.1, 0.15) is 18.9 Å². The lowest BCUT2D eigenvalue weighted by molar-refractivity contribution is -0.131. The predicted octanol–water partition coefficient (Wildman–Crippen LogP) is 4.29. The van der Waals surface area contributed by atoms with Crippen molar-refractivity contribution >= 4 is 17.8 Å². The number of Topliss-reactive ketones (excluding diaryl/α,β-unsaturated/α-hetero) is 1. The number of amides is 2. The Hall–Kier alpha value is -3.55. The molecule has 1 fully saturated rings. The molecule has 1 aliphatic rings. The van der Waals surface area contributed by atoms with E-state index in [1.807, 2.05) is 48.5 Å². The van der Waals surface area contributed by atoms with Crippen molar-refractivity contribution < 1.29 is 28.6 Å². The maximum absolute atomic E-state index is 12.7. The molecular weight excluding hydrogens is 460 g/mol. The number of methoxy groups -OCH3 is 2.